The molecule has 0 spiro atoms. The molecule has 0 N–H and O–H groups in total. The van der Waals surface area contributed by atoms with E-state index < -0.39 is 21.5 Å². The summed E-state index contributed by atoms with van der Waals surface area (Å²) in [7, 11) is 18.9. The number of rotatable bonds is 11. The molecule has 4 aliphatic rings. The average molecular weight is 1050 g/mol. The molecule has 68 heavy (non-hydrogen) atoms. The SMILES string of the molecule is CCC1(CC2=Cc3c(-c4ccc(C(C)(C)C)cc4)cccc3[CH]2[Zr]([Cl])([Cl])([CH]2C(CC3(CC)CCCCCCCC3)=Cc3c(-c4ccc(C(C)(C)C)cc4)cccc32)[SiH](C)C)CCCCCCCC1. The number of allylic oxidation sites excluding steroid dienone is 2. The van der Waals surface area contributed by atoms with Crippen molar-refractivity contribution in [3.8, 4) is 22.3 Å². The molecule has 4 aliphatic carbocycles. The van der Waals surface area contributed by atoms with Crippen LogP contribution in [0.25, 0.3) is 34.4 Å². The topological polar surface area (TPSA) is 0 Å². The number of halogens is 2. The van der Waals surface area contributed by atoms with Crippen molar-refractivity contribution in [3.63, 3.8) is 0 Å². The van der Waals surface area contributed by atoms with Gasteiger partial charge in [0.2, 0.25) is 0 Å². The van der Waals surface area contributed by atoms with E-state index in [1.54, 1.807) is 11.1 Å². The van der Waals surface area contributed by atoms with Gasteiger partial charge in [-0.05, 0) is 0 Å². The van der Waals surface area contributed by atoms with Gasteiger partial charge in [-0.15, -0.1) is 0 Å². The van der Waals surface area contributed by atoms with Gasteiger partial charge in [-0.1, -0.05) is 0 Å². The second kappa shape index (κ2) is 20.9. The molecule has 0 aliphatic heterocycles. The van der Waals surface area contributed by atoms with E-state index in [9.17, 15) is 17.0 Å². The molecule has 367 valence electrons. The Hall–Kier alpha value is -1.96. The van der Waals surface area contributed by atoms with Crippen molar-refractivity contribution >= 4 is 35.1 Å². The van der Waals surface area contributed by atoms with E-state index in [2.05, 4.69) is 166 Å². The first-order valence-electron chi connectivity index (χ1n) is 27.8. The van der Waals surface area contributed by atoms with Crippen molar-refractivity contribution in [2.24, 2.45) is 10.8 Å². The van der Waals surface area contributed by atoms with Crippen LogP contribution in [-0.4, -0.2) is 5.92 Å². The van der Waals surface area contributed by atoms with Crippen LogP contribution in [-0.2, 0) is 26.4 Å². The van der Waals surface area contributed by atoms with Gasteiger partial charge in [0.1, 0.15) is 0 Å². The van der Waals surface area contributed by atoms with Gasteiger partial charge in [0.05, 0.1) is 0 Å². The first kappa shape index (κ1) is 52.4. The maximum atomic E-state index is 9.46. The molecular formula is C64H89Cl2SiZr. The van der Waals surface area contributed by atoms with Crippen molar-refractivity contribution in [3.05, 3.63) is 129 Å². The van der Waals surface area contributed by atoms with Gasteiger partial charge in [-0.2, -0.15) is 0 Å². The zero-order chi connectivity index (χ0) is 48.6. The van der Waals surface area contributed by atoms with E-state index in [4.69, 9.17) is 0 Å². The normalized spacial score (nSPS) is 22.0. The summed E-state index contributed by atoms with van der Waals surface area (Å²) in [4.78, 5) is 0. The molecule has 0 aromatic heterocycles. The van der Waals surface area contributed by atoms with Crippen molar-refractivity contribution in [1.29, 1.82) is 0 Å². The minimum atomic E-state index is -5.22. The Bertz CT molecular complexity index is 2250. The molecule has 0 radical (unpaired) electrons. The predicted molar refractivity (Wildman–Crippen MR) is 302 cm³/mol. The second-order valence-corrected chi connectivity index (χ2v) is 67.8. The fraction of sp³-hybridized carbons (Fsp3) is 0.562. The number of benzene rings is 4. The third-order valence-corrected chi connectivity index (χ3v) is 70.5. The summed E-state index contributed by atoms with van der Waals surface area (Å²) in [5, 5.41) is 0. The number of fused-ring (bicyclic) bond motifs is 2. The standard InChI is InChI=1S/2C31H41.C2H7Si.2ClH.Zr/c2*1-5-31(19-10-8-6-7-9-11-20-31)23-24-21-26-13-12-14-28(29(26)22-24)25-15-17-27(18-16-25)30(2,3)4;1-3-2;;;/h2*12-18,21-22H,5-11,19-20,23H2,1-4H3;3H,1-2H3;2*1H;/q;;;;;+2/p-2. The van der Waals surface area contributed by atoms with E-state index in [0.29, 0.717) is 0 Å². The van der Waals surface area contributed by atoms with E-state index in [-0.39, 0.29) is 28.9 Å². The zero-order valence-corrected chi connectivity index (χ0v) is 49.5. The summed E-state index contributed by atoms with van der Waals surface area (Å²) in [6.45, 7) is 24.1. The van der Waals surface area contributed by atoms with Crippen molar-refractivity contribution in [2.75, 3.05) is 0 Å². The Kier molecular flexibility index (Phi) is 16.1. The van der Waals surface area contributed by atoms with Gasteiger partial charge in [-0.25, -0.2) is 0 Å². The fourth-order valence-electron chi connectivity index (χ4n) is 14.0. The first-order valence-corrected chi connectivity index (χ1v) is 44.1. The molecule has 4 aromatic carbocycles. The maximum absolute atomic E-state index is 9.46. The third-order valence-electron chi connectivity index (χ3n) is 18.6. The number of hydrogen-bond acceptors (Lipinski definition) is 0. The third kappa shape index (κ3) is 10.5. The Morgan fingerprint density at radius 3 is 1.10 bits per heavy atom. The molecule has 2 saturated carbocycles. The van der Waals surface area contributed by atoms with Crippen molar-refractivity contribution < 1.29 is 15.6 Å². The fourth-order valence-corrected chi connectivity index (χ4v) is 45.3. The molecule has 0 saturated heterocycles. The van der Waals surface area contributed by atoms with Crippen LogP contribution >= 0.6 is 17.0 Å². The van der Waals surface area contributed by atoms with Crippen LogP contribution < -0.4 is 0 Å². The summed E-state index contributed by atoms with van der Waals surface area (Å²) < 4.78 is 0.164. The van der Waals surface area contributed by atoms with Crippen LogP contribution in [0.1, 0.15) is 224 Å². The van der Waals surface area contributed by atoms with Gasteiger partial charge in [0, 0.05) is 0 Å². The summed E-state index contributed by atoms with van der Waals surface area (Å²) in [6, 6.07) is 33.5. The second-order valence-electron chi connectivity index (χ2n) is 25.3. The van der Waals surface area contributed by atoms with Gasteiger partial charge in [-0.3, -0.25) is 0 Å². The zero-order valence-electron chi connectivity index (χ0n) is 44.4. The van der Waals surface area contributed by atoms with Crippen LogP contribution in [0.2, 0.25) is 13.1 Å². The quantitative estimate of drug-likeness (QED) is 0.131. The van der Waals surface area contributed by atoms with Gasteiger partial charge >= 0.3 is 428 Å². The molecule has 4 aromatic rings. The molecule has 2 unspecified atom stereocenters. The molecule has 2 fully saturated rings. The summed E-state index contributed by atoms with van der Waals surface area (Å²) in [6.07, 6.45) is 31.7. The Balaban J connectivity index is 1.36. The Morgan fingerprint density at radius 1 is 0.485 bits per heavy atom. The predicted octanol–water partition coefficient (Wildman–Crippen LogP) is 21.0. The van der Waals surface area contributed by atoms with Crippen LogP contribution in [0.15, 0.2) is 96.1 Å². The monoisotopic (exact) mass is 1050 g/mol. The molecular weight excluding hydrogens is 959 g/mol. The Morgan fingerprint density at radius 2 is 0.809 bits per heavy atom. The van der Waals surface area contributed by atoms with Crippen LogP contribution in [0.4, 0.5) is 0 Å². The van der Waals surface area contributed by atoms with Crippen molar-refractivity contribution in [2.45, 2.75) is 215 Å². The average Bonchev–Trinajstić information content (AvgIpc) is 3.94. The van der Waals surface area contributed by atoms with E-state index in [0.717, 1.165) is 12.8 Å². The molecule has 0 heterocycles. The van der Waals surface area contributed by atoms with Gasteiger partial charge in [0.15, 0.2) is 0 Å². The summed E-state index contributed by atoms with van der Waals surface area (Å²) in [5.74, 6) is -1.81. The van der Waals surface area contributed by atoms with Gasteiger partial charge < -0.3 is 0 Å². The molecule has 4 heteroatoms. The molecule has 8 rings (SSSR count). The molecule has 0 amide bonds. The van der Waals surface area contributed by atoms with Gasteiger partial charge in [0.25, 0.3) is 0 Å². The van der Waals surface area contributed by atoms with Crippen LogP contribution in [0, 0.1) is 10.8 Å². The summed E-state index contributed by atoms with van der Waals surface area (Å²) >= 11 is -5.22. The van der Waals surface area contributed by atoms with E-state index in [1.807, 2.05) is 0 Å². The van der Waals surface area contributed by atoms with E-state index in [1.165, 1.54) is 171 Å². The molecule has 2 atom stereocenters. The van der Waals surface area contributed by atoms with Crippen molar-refractivity contribution in [1.82, 2.24) is 0 Å². The van der Waals surface area contributed by atoms with E-state index >= 15 is 0 Å². The minimum absolute atomic E-state index is 0.0819. The molecule has 0 bridgehead atoms. The van der Waals surface area contributed by atoms with Crippen LogP contribution in [0.5, 0.6) is 0 Å². The number of hydrogen-bond donors (Lipinski definition) is 0. The first-order chi connectivity index (χ1) is 32.3. The Labute approximate surface area is 424 Å². The molecule has 0 nitrogen and oxygen atoms in total. The van der Waals surface area contributed by atoms with Crippen LogP contribution in [0.3, 0.4) is 0 Å². The summed E-state index contributed by atoms with van der Waals surface area (Å²) in [5.41, 5.74) is 17.7.